The summed E-state index contributed by atoms with van der Waals surface area (Å²) in [7, 11) is 3.53. The van der Waals surface area contributed by atoms with Crippen LogP contribution in [0.3, 0.4) is 0 Å². The molecule has 0 bridgehead atoms. The maximum absolute atomic E-state index is 13.4. The normalized spacial score (nSPS) is 17.3. The molecule has 1 unspecified atom stereocenters. The van der Waals surface area contributed by atoms with Crippen LogP contribution in [0.15, 0.2) is 48.7 Å². The van der Waals surface area contributed by atoms with Crippen molar-refractivity contribution in [3.63, 3.8) is 0 Å². The quantitative estimate of drug-likeness (QED) is 0.276. The lowest BCUT2D eigenvalue weighted by Gasteiger charge is -2.25. The highest BCUT2D eigenvalue weighted by Gasteiger charge is 2.40. The van der Waals surface area contributed by atoms with E-state index < -0.39 is 11.9 Å². The van der Waals surface area contributed by atoms with Crippen LogP contribution in [0.25, 0.3) is 33.0 Å². The van der Waals surface area contributed by atoms with E-state index in [1.165, 1.54) is 6.92 Å². The zero-order valence-electron chi connectivity index (χ0n) is 21.6. The van der Waals surface area contributed by atoms with Crippen LogP contribution in [0.1, 0.15) is 36.6 Å². The number of aromatic nitrogens is 2. The molecule has 194 valence electrons. The topological polar surface area (TPSA) is 88.8 Å². The summed E-state index contributed by atoms with van der Waals surface area (Å²) in [6.07, 6.45) is 4.21. The monoisotopic (exact) mass is 512 g/mol. The van der Waals surface area contributed by atoms with Gasteiger partial charge < -0.3 is 23.3 Å². The first-order valence-corrected chi connectivity index (χ1v) is 12.8. The highest BCUT2D eigenvalue weighted by Crippen LogP contribution is 2.45. The number of para-hydroxylation sites is 1. The molecule has 38 heavy (non-hydrogen) atoms. The molecule has 0 spiro atoms. The highest BCUT2D eigenvalue weighted by molar-refractivity contribution is 6.47. The molecule has 0 fully saturated rings. The number of carbonyl (C=O) groups is 3. The van der Waals surface area contributed by atoms with Crippen molar-refractivity contribution in [1.82, 2.24) is 9.13 Å². The molecular formula is C30H28N2O6. The number of hydrogen-bond acceptors (Lipinski definition) is 6. The zero-order valence-corrected chi connectivity index (χ0v) is 21.6. The number of aryl methyl sites for hydroxylation is 2. The lowest BCUT2D eigenvalue weighted by Crippen LogP contribution is -2.21. The molecule has 2 aromatic heterocycles. The lowest BCUT2D eigenvalue weighted by molar-refractivity contribution is -0.149. The van der Waals surface area contributed by atoms with Gasteiger partial charge in [0.1, 0.15) is 5.75 Å². The predicted octanol–water partition coefficient (Wildman–Crippen LogP) is 4.65. The fourth-order valence-corrected chi connectivity index (χ4v) is 5.97. The van der Waals surface area contributed by atoms with Gasteiger partial charge in [0.25, 0.3) is 0 Å². The molecule has 2 aliphatic rings. The average molecular weight is 513 g/mol. The van der Waals surface area contributed by atoms with Gasteiger partial charge >= 0.3 is 17.9 Å². The van der Waals surface area contributed by atoms with Gasteiger partial charge in [0.05, 0.1) is 24.9 Å². The van der Waals surface area contributed by atoms with Crippen molar-refractivity contribution >= 4 is 50.9 Å². The largest absolute Gasteiger partial charge is 0.497 e. The Morgan fingerprint density at radius 2 is 1.84 bits per heavy atom. The first kappa shape index (κ1) is 24.0. The van der Waals surface area contributed by atoms with Gasteiger partial charge in [0, 0.05) is 65.3 Å². The molecule has 2 aromatic carbocycles. The summed E-state index contributed by atoms with van der Waals surface area (Å²) in [5.74, 6) is -0.642. The second kappa shape index (κ2) is 9.20. The van der Waals surface area contributed by atoms with Crippen LogP contribution in [0, 0.1) is 5.92 Å². The summed E-state index contributed by atoms with van der Waals surface area (Å²) in [4.78, 5) is 38.0. The number of carbonyl (C=O) groups excluding carboxylic acids is 3. The molecule has 0 N–H and O–H groups in total. The Bertz CT molecular complexity index is 1670. The van der Waals surface area contributed by atoms with E-state index in [9.17, 15) is 14.4 Å². The molecule has 0 aliphatic carbocycles. The molecule has 0 saturated carbocycles. The molecule has 8 heteroatoms. The zero-order chi connectivity index (χ0) is 26.6. The average Bonchev–Trinajstić information content (AvgIpc) is 3.50. The van der Waals surface area contributed by atoms with Gasteiger partial charge in [-0.25, -0.2) is 9.59 Å². The predicted molar refractivity (Wildman–Crippen MR) is 142 cm³/mol. The number of fused-ring (bicyclic) bond motifs is 4. The van der Waals surface area contributed by atoms with Gasteiger partial charge in [0.15, 0.2) is 0 Å². The summed E-state index contributed by atoms with van der Waals surface area (Å²) in [5.41, 5.74) is 4.88. The number of methoxy groups -OCH3 is 1. The summed E-state index contributed by atoms with van der Waals surface area (Å²) in [6.45, 7) is 2.52. The second-order valence-electron chi connectivity index (χ2n) is 9.94. The fraction of sp³-hybridized carbons (Fsp3) is 0.300. The maximum Gasteiger partial charge on any atom is 0.347 e. The van der Waals surface area contributed by atoms with E-state index in [-0.39, 0.29) is 17.5 Å². The lowest BCUT2D eigenvalue weighted by atomic mass is 9.88. The molecule has 0 radical (unpaired) electrons. The van der Waals surface area contributed by atoms with Crippen molar-refractivity contribution in [1.29, 1.82) is 0 Å². The Hall–Kier alpha value is -4.33. The van der Waals surface area contributed by atoms with E-state index in [0.717, 1.165) is 52.4 Å². The summed E-state index contributed by atoms with van der Waals surface area (Å²) >= 11 is 0. The minimum atomic E-state index is -0.641. The van der Waals surface area contributed by atoms with E-state index in [1.807, 2.05) is 60.3 Å². The number of esters is 3. The highest BCUT2D eigenvalue weighted by atomic mass is 16.6. The fourth-order valence-electron chi connectivity index (χ4n) is 5.97. The summed E-state index contributed by atoms with van der Waals surface area (Å²) in [6, 6.07) is 13.6. The van der Waals surface area contributed by atoms with Gasteiger partial charge in [-0.05, 0) is 49.4 Å². The molecule has 0 saturated heterocycles. The van der Waals surface area contributed by atoms with Crippen LogP contribution in [0.2, 0.25) is 0 Å². The molecule has 4 heterocycles. The van der Waals surface area contributed by atoms with E-state index in [2.05, 4.69) is 4.57 Å². The molecule has 4 aromatic rings. The number of hydrogen-bond donors (Lipinski definition) is 0. The van der Waals surface area contributed by atoms with E-state index in [0.29, 0.717) is 29.9 Å². The van der Waals surface area contributed by atoms with Crippen molar-refractivity contribution in [3.05, 3.63) is 65.5 Å². The number of cyclic esters (lactones) is 2. The van der Waals surface area contributed by atoms with Crippen LogP contribution in [-0.2, 0) is 43.9 Å². The van der Waals surface area contributed by atoms with E-state index in [4.69, 9.17) is 14.2 Å². The van der Waals surface area contributed by atoms with Crippen molar-refractivity contribution in [3.8, 4) is 5.75 Å². The third-order valence-electron chi connectivity index (χ3n) is 7.71. The minimum Gasteiger partial charge on any atom is -0.497 e. The molecule has 1 atom stereocenters. The van der Waals surface area contributed by atoms with Crippen molar-refractivity contribution < 1.29 is 28.6 Å². The minimum absolute atomic E-state index is 0.265. The summed E-state index contributed by atoms with van der Waals surface area (Å²) in [5, 5.41) is 1.72. The number of benzene rings is 2. The van der Waals surface area contributed by atoms with Gasteiger partial charge in [-0.3, -0.25) is 4.79 Å². The second-order valence-corrected chi connectivity index (χ2v) is 9.94. The Morgan fingerprint density at radius 1 is 1.05 bits per heavy atom. The molecule has 8 nitrogen and oxygen atoms in total. The van der Waals surface area contributed by atoms with Crippen LogP contribution in [0.5, 0.6) is 5.75 Å². The third kappa shape index (κ3) is 3.79. The van der Waals surface area contributed by atoms with Crippen LogP contribution in [-0.4, -0.2) is 40.8 Å². The number of ether oxygens (including phenoxy) is 3. The van der Waals surface area contributed by atoms with Gasteiger partial charge in [-0.2, -0.15) is 0 Å². The van der Waals surface area contributed by atoms with Crippen LogP contribution < -0.4 is 4.74 Å². The van der Waals surface area contributed by atoms with Gasteiger partial charge in [-0.15, -0.1) is 0 Å². The van der Waals surface area contributed by atoms with E-state index >= 15 is 0 Å². The number of rotatable bonds is 6. The standard InChI is InChI=1S/C30H28N2O6/c1-17(33)37-13-11-18-10-12-32-24-9-8-19(36-3)15-21(24)26(25(32)14-18)28-27(29(34)38-30(28)35)22-16-31(2)23-7-5-4-6-20(22)23/h4-9,15-16,18H,10-14H2,1-3H3. The first-order chi connectivity index (χ1) is 18.4. The molecule has 6 rings (SSSR count). The smallest absolute Gasteiger partial charge is 0.347 e. The van der Waals surface area contributed by atoms with Crippen molar-refractivity contribution in [2.24, 2.45) is 13.0 Å². The molecule has 2 aliphatic heterocycles. The van der Waals surface area contributed by atoms with Gasteiger partial charge in [-0.1, -0.05) is 18.2 Å². The van der Waals surface area contributed by atoms with Gasteiger partial charge in [0.2, 0.25) is 0 Å². The number of nitrogens with zero attached hydrogens (tertiary/aromatic N) is 2. The third-order valence-corrected chi connectivity index (χ3v) is 7.71. The first-order valence-electron chi connectivity index (χ1n) is 12.8. The Labute approximate surface area is 219 Å². The molecule has 0 amide bonds. The van der Waals surface area contributed by atoms with Crippen molar-refractivity contribution in [2.45, 2.75) is 32.7 Å². The summed E-state index contributed by atoms with van der Waals surface area (Å²) < 4.78 is 20.2. The van der Waals surface area contributed by atoms with Crippen molar-refractivity contribution in [2.75, 3.05) is 13.7 Å². The Kier molecular flexibility index (Phi) is 5.82. The Balaban J connectivity index is 1.59. The Morgan fingerprint density at radius 3 is 2.63 bits per heavy atom. The van der Waals surface area contributed by atoms with E-state index in [1.54, 1.807) is 7.11 Å². The van der Waals surface area contributed by atoms with Crippen LogP contribution >= 0.6 is 0 Å². The molecular weight excluding hydrogens is 484 g/mol. The SMILES string of the molecule is COc1ccc2c(c1)c(C1=C(c3cn(C)c4ccccc34)C(=O)OC1=O)c1n2CCC(CCOC(C)=O)C1. The maximum atomic E-state index is 13.4. The van der Waals surface area contributed by atoms with Crippen LogP contribution in [0.4, 0.5) is 0 Å².